The normalized spacial score (nSPS) is 11.1. The van der Waals surface area contributed by atoms with Crippen molar-refractivity contribution in [1.29, 1.82) is 0 Å². The molecule has 7 aromatic rings. The molecule has 3 aromatic heterocycles. The number of pyridine rings is 1. The maximum atomic E-state index is 13.2. The van der Waals surface area contributed by atoms with E-state index in [9.17, 15) is 4.79 Å². The molecule has 0 fully saturated rings. The Kier molecular flexibility index (Phi) is 6.41. The zero-order valence-electron chi connectivity index (χ0n) is 22.8. The van der Waals surface area contributed by atoms with Crippen LogP contribution in [0.5, 0.6) is 5.75 Å². The SMILES string of the molecule is COc1ccc(-c2nn(-c3ccccc3)cc2-c2cc(-c3ccccc3)nc(-c3cc4ccccc4oc3=O)c2)cc1. The molecule has 6 nitrogen and oxygen atoms in total. The van der Waals surface area contributed by atoms with E-state index < -0.39 is 5.63 Å². The zero-order valence-corrected chi connectivity index (χ0v) is 22.8. The average Bonchev–Trinajstić information content (AvgIpc) is 3.51. The van der Waals surface area contributed by atoms with Crippen molar-refractivity contribution < 1.29 is 9.15 Å². The van der Waals surface area contributed by atoms with Gasteiger partial charge in [0.25, 0.3) is 0 Å². The van der Waals surface area contributed by atoms with E-state index in [1.165, 1.54) is 0 Å². The predicted molar refractivity (Wildman–Crippen MR) is 166 cm³/mol. The summed E-state index contributed by atoms with van der Waals surface area (Å²) in [4.78, 5) is 18.2. The highest BCUT2D eigenvalue weighted by atomic mass is 16.5. The van der Waals surface area contributed by atoms with E-state index in [0.717, 1.165) is 50.5 Å². The molecule has 7 rings (SSSR count). The Bertz CT molecular complexity index is 2080. The highest BCUT2D eigenvalue weighted by Gasteiger charge is 2.19. The first kappa shape index (κ1) is 25.2. The lowest BCUT2D eigenvalue weighted by Gasteiger charge is -2.10. The van der Waals surface area contributed by atoms with Gasteiger partial charge in [-0.25, -0.2) is 14.5 Å². The smallest absolute Gasteiger partial charge is 0.345 e. The molecule has 0 aliphatic heterocycles. The number of hydrogen-bond acceptors (Lipinski definition) is 5. The molecule has 3 heterocycles. The monoisotopic (exact) mass is 547 g/mol. The van der Waals surface area contributed by atoms with Gasteiger partial charge in [-0.2, -0.15) is 5.10 Å². The predicted octanol–water partition coefficient (Wildman–Crippen LogP) is 8.05. The third-order valence-corrected chi connectivity index (χ3v) is 7.22. The second-order valence-electron chi connectivity index (χ2n) is 9.88. The Morgan fingerprint density at radius 1 is 0.667 bits per heavy atom. The topological polar surface area (TPSA) is 70.2 Å². The summed E-state index contributed by atoms with van der Waals surface area (Å²) in [5.41, 5.74) is 7.14. The van der Waals surface area contributed by atoms with E-state index in [1.807, 2.05) is 132 Å². The lowest BCUT2D eigenvalue weighted by atomic mass is 9.98. The molecule has 202 valence electrons. The fourth-order valence-electron chi connectivity index (χ4n) is 5.08. The third kappa shape index (κ3) is 4.75. The van der Waals surface area contributed by atoms with Crippen LogP contribution in [0.3, 0.4) is 0 Å². The van der Waals surface area contributed by atoms with Crippen molar-refractivity contribution in [2.75, 3.05) is 7.11 Å². The Labute approximate surface area is 242 Å². The van der Waals surface area contributed by atoms with Gasteiger partial charge < -0.3 is 9.15 Å². The van der Waals surface area contributed by atoms with E-state index in [0.29, 0.717) is 16.8 Å². The number of fused-ring (bicyclic) bond motifs is 1. The molecule has 0 aliphatic carbocycles. The van der Waals surface area contributed by atoms with Crippen LogP contribution in [0.1, 0.15) is 0 Å². The highest BCUT2D eigenvalue weighted by Crippen LogP contribution is 2.36. The van der Waals surface area contributed by atoms with Gasteiger partial charge in [0.2, 0.25) is 0 Å². The lowest BCUT2D eigenvalue weighted by Crippen LogP contribution is -2.04. The number of ether oxygens (including phenoxy) is 1. The van der Waals surface area contributed by atoms with E-state index in [1.54, 1.807) is 13.2 Å². The van der Waals surface area contributed by atoms with Gasteiger partial charge in [0.05, 0.1) is 29.7 Å². The minimum atomic E-state index is -0.437. The number of nitrogens with zero attached hydrogens (tertiary/aromatic N) is 3. The number of rotatable bonds is 6. The molecule has 0 saturated heterocycles. The number of methoxy groups -OCH3 is 1. The molecular formula is C36H25N3O3. The number of benzene rings is 4. The van der Waals surface area contributed by atoms with Crippen LogP contribution >= 0.6 is 0 Å². The van der Waals surface area contributed by atoms with E-state index in [2.05, 4.69) is 0 Å². The Hall–Kier alpha value is -5.75. The summed E-state index contributed by atoms with van der Waals surface area (Å²) >= 11 is 0. The molecule has 6 heteroatoms. The van der Waals surface area contributed by atoms with Gasteiger partial charge >= 0.3 is 5.63 Å². The average molecular weight is 548 g/mol. The van der Waals surface area contributed by atoms with Crippen molar-refractivity contribution in [2.45, 2.75) is 0 Å². The number of aromatic nitrogens is 3. The van der Waals surface area contributed by atoms with Crippen molar-refractivity contribution in [3.8, 4) is 56.3 Å². The molecule has 0 aliphatic rings. The van der Waals surface area contributed by atoms with E-state index in [4.69, 9.17) is 19.2 Å². The summed E-state index contributed by atoms with van der Waals surface area (Å²) in [6.45, 7) is 0. The highest BCUT2D eigenvalue weighted by molar-refractivity contribution is 5.86. The Balaban J connectivity index is 1.48. The van der Waals surface area contributed by atoms with E-state index >= 15 is 0 Å². The fourth-order valence-corrected chi connectivity index (χ4v) is 5.08. The van der Waals surface area contributed by atoms with Crippen LogP contribution in [0, 0.1) is 0 Å². The van der Waals surface area contributed by atoms with Crippen molar-refractivity contribution in [2.24, 2.45) is 0 Å². The van der Waals surface area contributed by atoms with Crippen LogP contribution in [0.25, 0.3) is 61.6 Å². The summed E-state index contributed by atoms with van der Waals surface area (Å²) in [5.74, 6) is 0.767. The third-order valence-electron chi connectivity index (χ3n) is 7.22. The molecule has 0 spiro atoms. The van der Waals surface area contributed by atoms with Crippen LogP contribution in [0.4, 0.5) is 0 Å². The molecular weight excluding hydrogens is 522 g/mol. The molecule has 0 unspecified atom stereocenters. The van der Waals surface area contributed by atoms with Crippen molar-refractivity contribution in [3.05, 3.63) is 144 Å². The summed E-state index contributed by atoms with van der Waals surface area (Å²) in [7, 11) is 1.65. The maximum Gasteiger partial charge on any atom is 0.345 e. The largest absolute Gasteiger partial charge is 0.497 e. The summed E-state index contributed by atoms with van der Waals surface area (Å²) in [5, 5.41) is 5.85. The van der Waals surface area contributed by atoms with Crippen LogP contribution in [0.2, 0.25) is 0 Å². The minimum absolute atomic E-state index is 0.397. The molecule has 0 radical (unpaired) electrons. The molecule has 4 aromatic carbocycles. The molecule has 42 heavy (non-hydrogen) atoms. The second kappa shape index (κ2) is 10.7. The van der Waals surface area contributed by atoms with Crippen LogP contribution in [-0.2, 0) is 0 Å². The van der Waals surface area contributed by atoms with Gasteiger partial charge in [-0.1, -0.05) is 66.7 Å². The van der Waals surface area contributed by atoms with Crippen molar-refractivity contribution >= 4 is 11.0 Å². The van der Waals surface area contributed by atoms with Crippen LogP contribution < -0.4 is 10.4 Å². The van der Waals surface area contributed by atoms with Gasteiger partial charge in [0.1, 0.15) is 17.0 Å². The molecule has 0 atom stereocenters. The van der Waals surface area contributed by atoms with Crippen molar-refractivity contribution in [1.82, 2.24) is 14.8 Å². The molecule has 0 amide bonds. The van der Waals surface area contributed by atoms with Gasteiger partial charge in [0, 0.05) is 28.3 Å². The summed E-state index contributed by atoms with van der Waals surface area (Å²) < 4.78 is 13.0. The minimum Gasteiger partial charge on any atom is -0.497 e. The number of hydrogen-bond donors (Lipinski definition) is 0. The molecule has 0 N–H and O–H groups in total. The maximum absolute atomic E-state index is 13.2. The summed E-state index contributed by atoms with van der Waals surface area (Å²) in [6.07, 6.45) is 2.02. The van der Waals surface area contributed by atoms with Gasteiger partial charge in [-0.15, -0.1) is 0 Å². The zero-order chi connectivity index (χ0) is 28.5. The van der Waals surface area contributed by atoms with Crippen LogP contribution in [-0.4, -0.2) is 21.9 Å². The molecule has 0 bridgehead atoms. The Morgan fingerprint density at radius 2 is 1.36 bits per heavy atom. The standard InChI is InChI=1S/C36H25N3O3/c1-41-29-18-16-25(17-19-29)35-31(23-39(38-35)28-13-6-3-7-14-28)27-21-32(24-10-4-2-5-11-24)37-33(22-27)30-20-26-12-8-9-15-34(26)42-36(30)40/h2-23H,1H3. The first-order chi connectivity index (χ1) is 20.7. The summed E-state index contributed by atoms with van der Waals surface area (Å²) in [6, 6.07) is 41.1. The first-order valence-electron chi connectivity index (χ1n) is 13.6. The molecule has 0 saturated carbocycles. The first-order valence-corrected chi connectivity index (χ1v) is 13.6. The van der Waals surface area contributed by atoms with Crippen molar-refractivity contribution in [3.63, 3.8) is 0 Å². The Morgan fingerprint density at radius 3 is 2.12 bits per heavy atom. The fraction of sp³-hybridized carbons (Fsp3) is 0.0278. The van der Waals surface area contributed by atoms with Gasteiger partial charge in [-0.3, -0.25) is 0 Å². The van der Waals surface area contributed by atoms with Gasteiger partial charge in [-0.05, 0) is 66.2 Å². The second-order valence-corrected chi connectivity index (χ2v) is 9.88. The number of para-hydroxylation sites is 2. The lowest BCUT2D eigenvalue weighted by molar-refractivity contribution is 0.415. The van der Waals surface area contributed by atoms with E-state index in [-0.39, 0.29) is 0 Å². The quantitative estimate of drug-likeness (QED) is 0.197. The van der Waals surface area contributed by atoms with Crippen LogP contribution in [0.15, 0.2) is 143 Å². The van der Waals surface area contributed by atoms with Gasteiger partial charge in [0.15, 0.2) is 0 Å².